The van der Waals surface area contributed by atoms with Crippen LogP contribution < -0.4 is 14.9 Å². The average molecular weight is 368 g/mol. The number of nitrogens with zero attached hydrogens (tertiary/aromatic N) is 3. The molecule has 0 bridgehead atoms. The van der Waals surface area contributed by atoms with Gasteiger partial charge in [0.25, 0.3) is 0 Å². The monoisotopic (exact) mass is 368 g/mol. The van der Waals surface area contributed by atoms with Gasteiger partial charge in [0.1, 0.15) is 22.7 Å². The van der Waals surface area contributed by atoms with Crippen LogP contribution in [0.15, 0.2) is 29.6 Å². The Bertz CT molecular complexity index is 968. The summed E-state index contributed by atoms with van der Waals surface area (Å²) in [6.07, 6.45) is 8.03. The van der Waals surface area contributed by atoms with Crippen molar-refractivity contribution in [2.75, 3.05) is 19.6 Å². The van der Waals surface area contributed by atoms with E-state index in [4.69, 9.17) is 9.47 Å². The van der Waals surface area contributed by atoms with Crippen LogP contribution in [-0.2, 0) is 12.8 Å². The van der Waals surface area contributed by atoms with Crippen LogP contribution in [0.25, 0.3) is 10.2 Å². The van der Waals surface area contributed by atoms with Crippen molar-refractivity contribution in [2.24, 2.45) is 5.10 Å². The molecular formula is C19H20N4O2S. The third kappa shape index (κ3) is 3.10. The van der Waals surface area contributed by atoms with Crippen LogP contribution in [0.5, 0.6) is 11.5 Å². The summed E-state index contributed by atoms with van der Waals surface area (Å²) in [6, 6.07) is 5.62. The maximum absolute atomic E-state index is 5.40. The molecule has 3 aromatic rings. The number of ether oxygens (including phenoxy) is 2. The zero-order valence-electron chi connectivity index (χ0n) is 14.8. The number of hydrogen-bond acceptors (Lipinski definition) is 7. The molecule has 26 heavy (non-hydrogen) atoms. The molecule has 0 fully saturated rings. The highest BCUT2D eigenvalue weighted by Gasteiger charge is 2.19. The second-order valence-corrected chi connectivity index (χ2v) is 7.17. The van der Waals surface area contributed by atoms with E-state index in [-0.39, 0.29) is 0 Å². The second-order valence-electron chi connectivity index (χ2n) is 6.09. The molecule has 1 aliphatic rings. The van der Waals surface area contributed by atoms with Gasteiger partial charge < -0.3 is 9.47 Å². The van der Waals surface area contributed by atoms with Gasteiger partial charge >= 0.3 is 0 Å². The van der Waals surface area contributed by atoms with Gasteiger partial charge in [0.2, 0.25) is 0 Å². The third-order valence-electron chi connectivity index (χ3n) is 4.57. The largest absolute Gasteiger partial charge is 0.497 e. The molecule has 1 N–H and O–H groups in total. The Hall–Kier alpha value is -2.67. The lowest BCUT2D eigenvalue weighted by atomic mass is 9.97. The molecule has 0 unspecified atom stereocenters. The van der Waals surface area contributed by atoms with E-state index in [1.807, 2.05) is 18.2 Å². The summed E-state index contributed by atoms with van der Waals surface area (Å²) in [5.41, 5.74) is 5.34. The number of thiophene rings is 1. The van der Waals surface area contributed by atoms with Crippen LogP contribution in [0.1, 0.15) is 28.8 Å². The fourth-order valence-electron chi connectivity index (χ4n) is 3.26. The van der Waals surface area contributed by atoms with Gasteiger partial charge in [0, 0.05) is 16.5 Å². The van der Waals surface area contributed by atoms with Crippen molar-refractivity contribution in [3.8, 4) is 11.5 Å². The van der Waals surface area contributed by atoms with Gasteiger partial charge in [-0.3, -0.25) is 5.43 Å². The highest BCUT2D eigenvalue weighted by molar-refractivity contribution is 7.19. The average Bonchev–Trinajstić information content (AvgIpc) is 3.07. The van der Waals surface area contributed by atoms with E-state index in [1.54, 1.807) is 38.1 Å². The lowest BCUT2D eigenvalue weighted by molar-refractivity contribution is 0.394. The van der Waals surface area contributed by atoms with E-state index in [2.05, 4.69) is 20.5 Å². The maximum atomic E-state index is 5.40. The Morgan fingerprint density at radius 3 is 2.88 bits per heavy atom. The molecule has 0 spiro atoms. The molecule has 0 amide bonds. The standard InChI is InChI=1S/C19H20N4O2S/c1-24-13-8-7-12(15(9-13)25-2)10-22-23-18-17-14-5-3-4-6-16(14)26-19(17)21-11-20-18/h7-11H,3-6H2,1-2H3,(H,20,21,23)/b22-10+. The summed E-state index contributed by atoms with van der Waals surface area (Å²) < 4.78 is 10.6. The first-order valence-corrected chi connectivity index (χ1v) is 9.38. The van der Waals surface area contributed by atoms with Crippen molar-refractivity contribution in [3.05, 3.63) is 40.5 Å². The summed E-state index contributed by atoms with van der Waals surface area (Å²) >= 11 is 1.78. The third-order valence-corrected chi connectivity index (χ3v) is 5.77. The van der Waals surface area contributed by atoms with Crippen LogP contribution in [0, 0.1) is 0 Å². The van der Waals surface area contributed by atoms with E-state index in [9.17, 15) is 0 Å². The van der Waals surface area contributed by atoms with E-state index < -0.39 is 0 Å². The van der Waals surface area contributed by atoms with Crippen molar-refractivity contribution < 1.29 is 9.47 Å². The van der Waals surface area contributed by atoms with Crippen molar-refractivity contribution >= 4 is 33.6 Å². The van der Waals surface area contributed by atoms with Crippen LogP contribution in [0.2, 0.25) is 0 Å². The molecule has 2 aromatic heterocycles. The van der Waals surface area contributed by atoms with Gasteiger partial charge in [-0.25, -0.2) is 9.97 Å². The fraction of sp³-hybridized carbons (Fsp3) is 0.316. The van der Waals surface area contributed by atoms with Crippen molar-refractivity contribution in [1.82, 2.24) is 9.97 Å². The Kier molecular flexibility index (Phi) is 4.71. The van der Waals surface area contributed by atoms with Gasteiger partial charge in [0.05, 0.1) is 25.8 Å². The first-order chi connectivity index (χ1) is 12.8. The quantitative estimate of drug-likeness (QED) is 0.544. The summed E-state index contributed by atoms with van der Waals surface area (Å²) in [7, 11) is 3.26. The van der Waals surface area contributed by atoms with Crippen molar-refractivity contribution in [3.63, 3.8) is 0 Å². The number of benzene rings is 1. The lowest BCUT2D eigenvalue weighted by Crippen LogP contribution is -2.01. The highest BCUT2D eigenvalue weighted by atomic mass is 32.1. The van der Waals surface area contributed by atoms with Gasteiger partial charge in [0.15, 0.2) is 5.82 Å². The summed E-state index contributed by atoms with van der Waals surface area (Å²) in [4.78, 5) is 11.3. The van der Waals surface area contributed by atoms with E-state index in [0.717, 1.165) is 40.2 Å². The maximum Gasteiger partial charge on any atom is 0.158 e. The predicted molar refractivity (Wildman–Crippen MR) is 105 cm³/mol. The topological polar surface area (TPSA) is 68.6 Å². The first-order valence-electron chi connectivity index (χ1n) is 8.56. The zero-order valence-corrected chi connectivity index (χ0v) is 15.6. The van der Waals surface area contributed by atoms with Crippen LogP contribution in [-0.4, -0.2) is 30.4 Å². The molecule has 0 aliphatic heterocycles. The summed E-state index contributed by atoms with van der Waals surface area (Å²) in [5.74, 6) is 2.21. The van der Waals surface area contributed by atoms with Gasteiger partial charge in [-0.2, -0.15) is 5.10 Å². The fourth-order valence-corrected chi connectivity index (χ4v) is 4.49. The number of rotatable bonds is 5. The number of hydrogen-bond donors (Lipinski definition) is 1. The Balaban J connectivity index is 1.62. The van der Waals surface area contributed by atoms with Gasteiger partial charge in [-0.1, -0.05) is 0 Å². The normalized spacial score (nSPS) is 13.8. The molecule has 4 rings (SSSR count). The number of hydrazone groups is 1. The Morgan fingerprint density at radius 1 is 1.15 bits per heavy atom. The smallest absolute Gasteiger partial charge is 0.158 e. The molecule has 0 saturated heterocycles. The minimum atomic E-state index is 0.704. The molecule has 2 heterocycles. The van der Waals surface area contributed by atoms with E-state index >= 15 is 0 Å². The number of aromatic nitrogens is 2. The number of fused-ring (bicyclic) bond motifs is 3. The second kappa shape index (κ2) is 7.29. The SMILES string of the molecule is COc1ccc(/C=N/Nc2ncnc3sc4c(c23)CCCC4)c(OC)c1. The molecule has 1 aromatic carbocycles. The molecule has 7 heteroatoms. The molecular weight excluding hydrogens is 348 g/mol. The molecule has 0 radical (unpaired) electrons. The first kappa shape index (κ1) is 16.8. The molecule has 6 nitrogen and oxygen atoms in total. The molecule has 134 valence electrons. The van der Waals surface area contributed by atoms with E-state index in [1.165, 1.54) is 23.3 Å². The molecule has 0 atom stereocenters. The minimum Gasteiger partial charge on any atom is -0.497 e. The van der Waals surface area contributed by atoms with Crippen molar-refractivity contribution in [2.45, 2.75) is 25.7 Å². The molecule has 1 aliphatic carbocycles. The Morgan fingerprint density at radius 2 is 2.04 bits per heavy atom. The minimum absolute atomic E-state index is 0.704. The lowest BCUT2D eigenvalue weighted by Gasteiger charge is -2.11. The van der Waals surface area contributed by atoms with Gasteiger partial charge in [-0.05, 0) is 43.4 Å². The molecule has 0 saturated carbocycles. The number of methoxy groups -OCH3 is 2. The summed E-state index contributed by atoms with van der Waals surface area (Å²) in [5, 5.41) is 5.49. The van der Waals surface area contributed by atoms with Crippen LogP contribution in [0.3, 0.4) is 0 Å². The number of anilines is 1. The zero-order chi connectivity index (χ0) is 17.9. The number of nitrogens with one attached hydrogen (secondary N) is 1. The van der Waals surface area contributed by atoms with Gasteiger partial charge in [-0.15, -0.1) is 11.3 Å². The number of aryl methyl sites for hydroxylation is 2. The van der Waals surface area contributed by atoms with Crippen LogP contribution >= 0.6 is 11.3 Å². The predicted octanol–water partition coefficient (Wildman–Crippen LogP) is 4.03. The van der Waals surface area contributed by atoms with Crippen molar-refractivity contribution in [1.29, 1.82) is 0 Å². The summed E-state index contributed by atoms with van der Waals surface area (Å²) in [6.45, 7) is 0. The van der Waals surface area contributed by atoms with E-state index in [0.29, 0.717) is 5.75 Å². The highest BCUT2D eigenvalue weighted by Crippen LogP contribution is 2.38. The Labute approximate surface area is 155 Å². The van der Waals surface area contributed by atoms with Crippen LogP contribution in [0.4, 0.5) is 5.82 Å².